The van der Waals surface area contributed by atoms with E-state index in [1.807, 2.05) is 0 Å². The summed E-state index contributed by atoms with van der Waals surface area (Å²) in [4.78, 5) is 10.6. The second kappa shape index (κ2) is 3.00. The Labute approximate surface area is 84.5 Å². The van der Waals surface area contributed by atoms with Crippen LogP contribution in [0.4, 0.5) is 8.78 Å². The maximum atomic E-state index is 13.1. The Morgan fingerprint density at radius 3 is 2.47 bits per heavy atom. The van der Waals surface area contributed by atoms with Crippen LogP contribution in [0.1, 0.15) is 28.8 Å². The van der Waals surface area contributed by atoms with Crippen LogP contribution in [-0.2, 0) is 5.54 Å². The third-order valence-electron chi connectivity index (χ3n) is 2.62. The molecule has 0 bridgehead atoms. The quantitative estimate of drug-likeness (QED) is 0.784. The fraction of sp³-hybridized carbons (Fsp3) is 0.300. The number of aromatic carboxylic acids is 1. The van der Waals surface area contributed by atoms with Crippen molar-refractivity contribution in [2.24, 2.45) is 5.73 Å². The van der Waals surface area contributed by atoms with Gasteiger partial charge in [0.1, 0.15) is 0 Å². The lowest BCUT2D eigenvalue weighted by Crippen LogP contribution is -2.20. The number of carbonyl (C=O) groups is 1. The molecule has 1 aromatic rings. The van der Waals surface area contributed by atoms with Crippen LogP contribution < -0.4 is 5.73 Å². The van der Waals surface area contributed by atoms with Gasteiger partial charge in [-0.1, -0.05) is 0 Å². The summed E-state index contributed by atoms with van der Waals surface area (Å²) in [5.74, 6) is -3.99. The summed E-state index contributed by atoms with van der Waals surface area (Å²) < 4.78 is 26.1. The van der Waals surface area contributed by atoms with Gasteiger partial charge >= 0.3 is 5.97 Å². The number of rotatable bonds is 2. The van der Waals surface area contributed by atoms with Crippen LogP contribution in [0.15, 0.2) is 12.1 Å². The predicted molar refractivity (Wildman–Crippen MR) is 48.4 cm³/mol. The fourth-order valence-corrected chi connectivity index (χ4v) is 1.46. The van der Waals surface area contributed by atoms with E-state index in [0.29, 0.717) is 18.4 Å². The lowest BCUT2D eigenvalue weighted by molar-refractivity contribution is 0.0690. The third-order valence-corrected chi connectivity index (χ3v) is 2.62. The van der Waals surface area contributed by atoms with Gasteiger partial charge in [0.05, 0.1) is 5.56 Å². The number of hydrogen-bond donors (Lipinski definition) is 2. The van der Waals surface area contributed by atoms with Gasteiger partial charge in [0.2, 0.25) is 0 Å². The van der Waals surface area contributed by atoms with E-state index in [-0.39, 0.29) is 0 Å². The second-order valence-electron chi connectivity index (χ2n) is 3.78. The number of nitrogens with two attached hydrogens (primary N) is 1. The van der Waals surface area contributed by atoms with Gasteiger partial charge in [-0.2, -0.15) is 0 Å². The van der Waals surface area contributed by atoms with Crippen molar-refractivity contribution in [3.8, 4) is 0 Å². The molecule has 0 spiro atoms. The van der Waals surface area contributed by atoms with Crippen LogP contribution in [-0.4, -0.2) is 11.1 Å². The molecular formula is C10H9F2NO2. The fourth-order valence-electron chi connectivity index (χ4n) is 1.46. The first-order chi connectivity index (χ1) is 6.94. The van der Waals surface area contributed by atoms with E-state index >= 15 is 0 Å². The molecule has 0 aromatic heterocycles. The largest absolute Gasteiger partial charge is 0.478 e. The smallest absolute Gasteiger partial charge is 0.338 e. The van der Waals surface area contributed by atoms with Crippen LogP contribution in [0.2, 0.25) is 0 Å². The molecule has 0 heterocycles. The van der Waals surface area contributed by atoms with E-state index in [1.54, 1.807) is 0 Å². The number of carboxylic acid groups (broad SMARTS) is 1. The van der Waals surface area contributed by atoms with Crippen LogP contribution >= 0.6 is 0 Å². The highest BCUT2D eigenvalue weighted by molar-refractivity contribution is 5.88. The minimum atomic E-state index is -1.49. The molecule has 0 radical (unpaired) electrons. The zero-order chi connectivity index (χ0) is 11.2. The molecule has 0 amide bonds. The van der Waals surface area contributed by atoms with Crippen LogP contribution in [0, 0.1) is 11.6 Å². The van der Waals surface area contributed by atoms with E-state index in [4.69, 9.17) is 10.8 Å². The summed E-state index contributed by atoms with van der Waals surface area (Å²) in [6.07, 6.45) is 1.33. The van der Waals surface area contributed by atoms with Crippen molar-refractivity contribution in [1.29, 1.82) is 0 Å². The highest BCUT2D eigenvalue weighted by atomic mass is 19.2. The molecule has 0 aliphatic heterocycles. The molecule has 1 fully saturated rings. The summed E-state index contributed by atoms with van der Waals surface area (Å²) >= 11 is 0. The van der Waals surface area contributed by atoms with Crippen molar-refractivity contribution >= 4 is 5.97 Å². The molecule has 3 nitrogen and oxygen atoms in total. The molecule has 5 heteroatoms. The molecule has 15 heavy (non-hydrogen) atoms. The zero-order valence-corrected chi connectivity index (χ0v) is 7.76. The first-order valence-electron chi connectivity index (χ1n) is 4.46. The average molecular weight is 213 g/mol. The Morgan fingerprint density at radius 1 is 1.40 bits per heavy atom. The standard InChI is InChI=1S/C10H9F2NO2/c11-7-4-5(10(13)1-2-10)3-6(8(7)12)9(14)15/h3-4H,1-2,13H2,(H,14,15). The first-order valence-corrected chi connectivity index (χ1v) is 4.46. The van der Waals surface area contributed by atoms with Crippen molar-refractivity contribution < 1.29 is 18.7 Å². The molecule has 0 unspecified atom stereocenters. The summed E-state index contributed by atoms with van der Waals surface area (Å²) in [6.45, 7) is 0. The summed E-state index contributed by atoms with van der Waals surface area (Å²) in [5.41, 5.74) is 4.79. The molecule has 0 atom stereocenters. The van der Waals surface area contributed by atoms with Crippen LogP contribution in [0.5, 0.6) is 0 Å². The Balaban J connectivity index is 2.56. The predicted octanol–water partition coefficient (Wildman–Crippen LogP) is 1.61. The molecule has 1 aromatic carbocycles. The van der Waals surface area contributed by atoms with Gasteiger partial charge in [-0.15, -0.1) is 0 Å². The van der Waals surface area contributed by atoms with Crippen molar-refractivity contribution in [2.45, 2.75) is 18.4 Å². The van der Waals surface area contributed by atoms with Gasteiger partial charge in [0, 0.05) is 5.54 Å². The van der Waals surface area contributed by atoms with Gasteiger partial charge in [0.25, 0.3) is 0 Å². The normalized spacial score (nSPS) is 17.5. The Hall–Kier alpha value is -1.49. The minimum Gasteiger partial charge on any atom is -0.478 e. The average Bonchev–Trinajstić information content (AvgIpc) is 2.89. The lowest BCUT2D eigenvalue weighted by atomic mass is 10.0. The lowest BCUT2D eigenvalue weighted by Gasteiger charge is -2.10. The van der Waals surface area contributed by atoms with E-state index in [2.05, 4.69) is 0 Å². The molecule has 3 N–H and O–H groups in total. The zero-order valence-electron chi connectivity index (χ0n) is 7.76. The van der Waals surface area contributed by atoms with Crippen LogP contribution in [0.25, 0.3) is 0 Å². The van der Waals surface area contributed by atoms with Gasteiger partial charge in [-0.3, -0.25) is 0 Å². The highest BCUT2D eigenvalue weighted by Crippen LogP contribution is 2.43. The van der Waals surface area contributed by atoms with E-state index in [1.165, 1.54) is 0 Å². The van der Waals surface area contributed by atoms with Crippen molar-refractivity contribution in [3.05, 3.63) is 34.9 Å². The highest BCUT2D eigenvalue weighted by Gasteiger charge is 2.41. The van der Waals surface area contributed by atoms with E-state index in [9.17, 15) is 13.6 Å². The molecule has 1 saturated carbocycles. The summed E-state index contributed by atoms with van der Waals surface area (Å²) in [5, 5.41) is 8.65. The molecule has 0 saturated heterocycles. The summed E-state index contributed by atoms with van der Waals surface area (Å²) in [6, 6.07) is 2.07. The molecular weight excluding hydrogens is 204 g/mol. The third kappa shape index (κ3) is 1.59. The molecule has 1 aliphatic rings. The summed E-state index contributed by atoms with van der Waals surface area (Å²) in [7, 11) is 0. The van der Waals surface area contributed by atoms with Gasteiger partial charge in [-0.25, -0.2) is 13.6 Å². The topological polar surface area (TPSA) is 63.3 Å². The van der Waals surface area contributed by atoms with E-state index in [0.717, 1.165) is 12.1 Å². The number of carboxylic acids is 1. The first kappa shape index (κ1) is 10.0. The van der Waals surface area contributed by atoms with Gasteiger partial charge < -0.3 is 10.8 Å². The molecule has 1 aliphatic carbocycles. The molecule has 80 valence electrons. The van der Waals surface area contributed by atoms with Gasteiger partial charge in [-0.05, 0) is 30.5 Å². The maximum Gasteiger partial charge on any atom is 0.338 e. The SMILES string of the molecule is NC1(c2cc(F)c(F)c(C(=O)O)c2)CC1. The Bertz CT molecular complexity index is 441. The Morgan fingerprint density at radius 2 is 2.00 bits per heavy atom. The number of benzene rings is 1. The van der Waals surface area contributed by atoms with Crippen molar-refractivity contribution in [2.75, 3.05) is 0 Å². The minimum absolute atomic E-state index is 0.346. The second-order valence-corrected chi connectivity index (χ2v) is 3.78. The van der Waals surface area contributed by atoms with Crippen molar-refractivity contribution in [3.63, 3.8) is 0 Å². The van der Waals surface area contributed by atoms with Crippen molar-refractivity contribution in [1.82, 2.24) is 0 Å². The number of hydrogen-bond acceptors (Lipinski definition) is 2. The van der Waals surface area contributed by atoms with Crippen LogP contribution in [0.3, 0.4) is 0 Å². The van der Waals surface area contributed by atoms with E-state index < -0.39 is 28.7 Å². The maximum absolute atomic E-state index is 13.1. The Kier molecular flexibility index (Phi) is 2.01. The molecule has 2 rings (SSSR count). The monoisotopic (exact) mass is 213 g/mol. The van der Waals surface area contributed by atoms with Gasteiger partial charge in [0.15, 0.2) is 11.6 Å². The number of halogens is 2.